The second-order valence-electron chi connectivity index (χ2n) is 39.9. The molecule has 0 bridgehead atoms. The molecule has 0 amide bonds. The van der Waals surface area contributed by atoms with Crippen LogP contribution in [0, 0.1) is 0 Å². The number of hydrogen-bond donors (Lipinski definition) is 0. The Morgan fingerprint density at radius 3 is 0.672 bits per heavy atom. The van der Waals surface area contributed by atoms with E-state index < -0.39 is 50.8 Å². The molecule has 0 radical (unpaired) electrons. The first-order valence-electron chi connectivity index (χ1n) is 58.1. The second-order valence-corrected chi connectivity index (χ2v) is 49.1. The van der Waals surface area contributed by atoms with Crippen molar-refractivity contribution in [2.24, 2.45) is 0 Å². The minimum Gasteiger partial charge on any atom is -0.462 e. The summed E-state index contributed by atoms with van der Waals surface area (Å²) in [6, 6.07) is 0. The molecule has 0 aromatic rings. The van der Waals surface area contributed by atoms with Crippen LogP contribution in [0.15, 0.2) is 48.6 Å². The Bertz CT molecular complexity index is 2670. The number of hydrogen-bond acceptors (Lipinski definition) is 16. The normalized spacial score (nSPS) is 15.1. The Morgan fingerprint density at radius 2 is 0.410 bits per heavy atom. The highest BCUT2D eigenvalue weighted by Gasteiger charge is 2.33. The van der Waals surface area contributed by atoms with E-state index in [4.69, 9.17) is 44.9 Å². The van der Waals surface area contributed by atoms with E-state index in [-0.39, 0.29) is 68.7 Å². The number of esters is 6. The van der Waals surface area contributed by atoms with Crippen molar-refractivity contribution in [2.45, 2.75) is 617 Å². The lowest BCUT2D eigenvalue weighted by Gasteiger charge is -2.32. The maximum Gasteiger partial charge on any atom is 0.306 e. The van der Waals surface area contributed by atoms with Gasteiger partial charge in [-0.05, 0) is 128 Å². The monoisotopic (exact) mass is 1950 g/mol. The highest BCUT2D eigenvalue weighted by Crippen LogP contribution is 2.32. The summed E-state index contributed by atoms with van der Waals surface area (Å²) in [4.78, 5) is 78.7. The fourth-order valence-corrected chi connectivity index (χ4v) is 31.0. The van der Waals surface area contributed by atoms with Crippen LogP contribution in [-0.2, 0) is 73.6 Å². The van der Waals surface area contributed by atoms with Gasteiger partial charge >= 0.3 is 54.4 Å². The third-order valence-corrected chi connectivity index (χ3v) is 37.1. The molecule has 1 fully saturated rings. The fraction of sp³-hybridized carbons (Fsp3) is 0.877. The molecule has 0 saturated carbocycles. The number of carbonyl (C=O) groups excluding carboxylic acids is 6. The molecule has 4 atom stereocenters. The average Bonchev–Trinajstić information content (AvgIpc) is 0.871. The summed E-state index contributed by atoms with van der Waals surface area (Å²) in [5.74, 6) is -1.89. The number of ether oxygens (including phenoxy) is 6. The molecule has 784 valence electrons. The number of allylic oxidation sites excluding steroid dienone is 8. The largest absolute Gasteiger partial charge is 0.462 e. The lowest BCUT2D eigenvalue weighted by molar-refractivity contribution is -0.167. The Balaban J connectivity index is 2.75. The van der Waals surface area contributed by atoms with E-state index >= 15 is 0 Å². The first-order chi connectivity index (χ1) is 66.0. The maximum absolute atomic E-state index is 13.4. The van der Waals surface area contributed by atoms with E-state index in [1.54, 1.807) is 0 Å². The molecule has 1 rings (SSSR count). The minimum atomic E-state index is -2.03. The van der Waals surface area contributed by atoms with Gasteiger partial charge in [0.15, 0.2) is 12.2 Å². The predicted octanol–water partition coefficient (Wildman–Crippen LogP) is 33.1. The lowest BCUT2D eigenvalue weighted by Crippen LogP contribution is -2.42. The number of carbonyl (C=O) groups is 6. The molecule has 0 N–H and O–H groups in total. The van der Waals surface area contributed by atoms with Crippen LogP contribution in [0.5, 0.6) is 0 Å². The molecule has 1 heterocycles. The van der Waals surface area contributed by atoms with Crippen molar-refractivity contribution in [2.75, 3.05) is 26.4 Å². The van der Waals surface area contributed by atoms with Gasteiger partial charge < -0.3 is 44.9 Å². The van der Waals surface area contributed by atoms with Gasteiger partial charge in [-0.2, -0.15) is 0 Å². The van der Waals surface area contributed by atoms with E-state index in [2.05, 4.69) is 90.2 Å². The molecule has 1 aliphatic heterocycles. The zero-order valence-electron chi connectivity index (χ0n) is 88.7. The van der Waals surface area contributed by atoms with Crippen LogP contribution in [-0.4, -0.2) is 113 Å². The van der Waals surface area contributed by atoms with E-state index in [0.717, 1.165) is 225 Å². The van der Waals surface area contributed by atoms with Crippen molar-refractivity contribution in [3.8, 4) is 0 Å². The Labute approximate surface area is 834 Å². The Hall–Kier alpha value is -3.51. The molecule has 0 aliphatic carbocycles. The van der Waals surface area contributed by atoms with Crippen LogP contribution in [0.3, 0.4) is 0 Å². The maximum atomic E-state index is 13.4. The molecular weight excluding hydrogens is 1740 g/mol. The molecule has 0 aromatic carbocycles. The van der Waals surface area contributed by atoms with Crippen LogP contribution in [0.1, 0.15) is 594 Å². The summed E-state index contributed by atoms with van der Waals surface area (Å²) < 4.78 is 62.0. The third-order valence-electron chi connectivity index (χ3n) is 26.9. The third kappa shape index (κ3) is 92.2. The topological polar surface area (TPSA) is 195 Å². The van der Waals surface area contributed by atoms with E-state index in [1.165, 1.54) is 283 Å². The lowest BCUT2D eigenvalue weighted by atomic mass is 10.0. The molecule has 1 aliphatic rings. The van der Waals surface area contributed by atoms with E-state index in [0.29, 0.717) is 49.6 Å². The molecule has 4 unspecified atom stereocenters. The van der Waals surface area contributed by atoms with E-state index in [1.807, 2.05) is 0 Å². The van der Waals surface area contributed by atoms with Crippen LogP contribution in [0.25, 0.3) is 0 Å². The van der Waals surface area contributed by atoms with Crippen LogP contribution in [0.4, 0.5) is 0 Å². The summed E-state index contributed by atoms with van der Waals surface area (Å²) in [6.45, 7) is 13.1. The van der Waals surface area contributed by atoms with Crippen molar-refractivity contribution in [1.29, 1.82) is 0 Å². The molecule has 20 heteroatoms. The van der Waals surface area contributed by atoms with Gasteiger partial charge in [0.2, 0.25) is 0 Å². The molecule has 134 heavy (non-hydrogen) atoms. The van der Waals surface area contributed by atoms with Gasteiger partial charge in [0, 0.05) is 44.1 Å². The molecule has 0 aromatic heterocycles. The standard InChI is InChI=1S/C114H216O16Si4/c1-7-13-19-25-30-34-38-42-46-50-54-58-64-75-85-95-109(115)121-101-105(125-113(119)99-89-79-67-61-57-53-49-45-41-37-33-28-22-16-10-4)102-124-112(118)98-88-78-68-62-63-73-83-93-107(91-81-71-24-18-12-6)133-127-131-129-134(130-132-128-133)108(92-82-72-29-23-17-11-5)94-84-74-69-70-80-90-100-114(120)126-106(103-122-110(116)96-86-76-65-59-55-51-47-43-39-35-31-26-20-14-8-2)104-123-111(117)97-87-77-66-60-56-52-48-44-40-36-32-27-21-15-9-3/h26,31,39,43,45,49,71,81,105-108,133-134H,7-25,27-30,32-38,40-42,44,46-48,50-70,72-80,82-104,131-132H2,1-6H3. The van der Waals surface area contributed by atoms with Crippen LogP contribution < -0.4 is 0 Å². The van der Waals surface area contributed by atoms with Gasteiger partial charge in [0.25, 0.3) is 20.0 Å². The fourth-order valence-electron chi connectivity index (χ4n) is 18.1. The first-order valence-corrected chi connectivity index (χ1v) is 63.6. The summed E-state index contributed by atoms with van der Waals surface area (Å²) >= 11 is 0. The van der Waals surface area contributed by atoms with Gasteiger partial charge in [-0.25, -0.2) is 0 Å². The summed E-state index contributed by atoms with van der Waals surface area (Å²) in [6.07, 6.45) is 113. The summed E-state index contributed by atoms with van der Waals surface area (Å²) in [5, 5.41) is 0. The predicted molar refractivity (Wildman–Crippen MR) is 574 cm³/mol. The zero-order valence-corrected chi connectivity index (χ0v) is 93.8. The quantitative estimate of drug-likeness (QED) is 0.0183. The van der Waals surface area contributed by atoms with Crippen molar-refractivity contribution in [3.05, 3.63) is 48.6 Å². The first kappa shape index (κ1) is 128. The molecular formula is C114H216O16Si4. The summed E-state index contributed by atoms with van der Waals surface area (Å²) in [5.41, 5.74) is 0.818. The van der Waals surface area contributed by atoms with Gasteiger partial charge in [-0.3, -0.25) is 28.8 Å². The molecule has 1 saturated heterocycles. The highest BCUT2D eigenvalue weighted by molar-refractivity contribution is 6.65. The SMILES string of the molecule is CCCCC=CCC=CCCCCCCCCC(=O)OCC(COC(=O)CCCCCCCCCCCCCCCCC)OC(=O)CCCCCCCCC(CCCCCCCC)[SiH]1O[SiH2]O[SiH](C(CC=CCCCC)CCCCCCCCCC(=O)OCC(COC(=O)CCCCCCCCCCCCCCCCC)OC(=O)CCCCCCCC=CCCCCCCCC)O[SiH2]O1. The smallest absolute Gasteiger partial charge is 0.306 e. The van der Waals surface area contributed by atoms with Gasteiger partial charge in [0.05, 0.1) is 0 Å². The van der Waals surface area contributed by atoms with Crippen molar-refractivity contribution in [3.63, 3.8) is 0 Å². The van der Waals surface area contributed by atoms with Gasteiger partial charge in [-0.1, -0.05) is 482 Å². The second kappa shape index (κ2) is 105. The van der Waals surface area contributed by atoms with Crippen molar-refractivity contribution in [1.82, 2.24) is 0 Å². The van der Waals surface area contributed by atoms with Crippen LogP contribution >= 0.6 is 0 Å². The van der Waals surface area contributed by atoms with Gasteiger partial charge in [0.1, 0.15) is 26.4 Å². The Kier molecular flexibility index (Phi) is 101. The van der Waals surface area contributed by atoms with Gasteiger partial charge in [-0.15, -0.1) is 0 Å². The average molecular weight is 1960 g/mol. The Morgan fingerprint density at radius 1 is 0.216 bits per heavy atom. The van der Waals surface area contributed by atoms with Crippen molar-refractivity contribution < 1.29 is 73.6 Å². The highest BCUT2D eigenvalue weighted by atomic mass is 28.4. The summed E-state index contributed by atoms with van der Waals surface area (Å²) in [7, 11) is -6.58. The minimum absolute atomic E-state index is 0.109. The number of unbranched alkanes of at least 4 members (excludes halogenated alkanes) is 65. The number of rotatable bonds is 104. The molecule has 0 spiro atoms. The van der Waals surface area contributed by atoms with Crippen molar-refractivity contribution >= 4 is 74.4 Å². The molecule has 16 nitrogen and oxygen atoms in total. The van der Waals surface area contributed by atoms with Crippen LogP contribution in [0.2, 0.25) is 11.1 Å². The van der Waals surface area contributed by atoms with E-state index in [9.17, 15) is 28.8 Å². The zero-order chi connectivity index (χ0) is 96.7.